The predicted octanol–water partition coefficient (Wildman–Crippen LogP) is 1.57. The van der Waals surface area contributed by atoms with E-state index in [1.807, 2.05) is 0 Å². The average Bonchev–Trinajstić information content (AvgIpc) is 2.08. The third-order valence-electron chi connectivity index (χ3n) is 1.67. The molecule has 3 heteroatoms. The van der Waals surface area contributed by atoms with Gasteiger partial charge in [0.2, 0.25) is 0 Å². The van der Waals surface area contributed by atoms with Gasteiger partial charge in [-0.05, 0) is 18.2 Å². The highest BCUT2D eigenvalue weighted by molar-refractivity contribution is 5.96. The van der Waals surface area contributed by atoms with Crippen LogP contribution in [0.2, 0.25) is 0 Å². The second kappa shape index (κ2) is 3.26. The van der Waals surface area contributed by atoms with Crippen molar-refractivity contribution in [3.63, 3.8) is 0 Å². The average molecular weight is 165 g/mol. The minimum atomic E-state index is 0.0163. The molecule has 0 saturated carbocycles. The van der Waals surface area contributed by atoms with E-state index in [0.717, 1.165) is 0 Å². The van der Waals surface area contributed by atoms with Crippen molar-refractivity contribution in [1.82, 2.24) is 0 Å². The first-order valence-corrected chi connectivity index (χ1v) is 3.77. The molecule has 0 spiro atoms. The van der Waals surface area contributed by atoms with Gasteiger partial charge in [-0.15, -0.1) is 0 Å². The number of rotatable bonds is 2. The van der Waals surface area contributed by atoms with Crippen LogP contribution in [0.3, 0.4) is 0 Å². The lowest BCUT2D eigenvalue weighted by Crippen LogP contribution is -1.97. The van der Waals surface area contributed by atoms with Crippen molar-refractivity contribution in [1.29, 1.82) is 0 Å². The van der Waals surface area contributed by atoms with Crippen molar-refractivity contribution >= 4 is 11.5 Å². The van der Waals surface area contributed by atoms with Crippen molar-refractivity contribution in [2.45, 2.75) is 13.3 Å². The summed E-state index contributed by atoms with van der Waals surface area (Å²) in [4.78, 5) is 11.1. The molecule has 0 aliphatic carbocycles. The lowest BCUT2D eigenvalue weighted by atomic mass is 10.1. The van der Waals surface area contributed by atoms with Crippen LogP contribution in [0.1, 0.15) is 23.7 Å². The van der Waals surface area contributed by atoms with Crippen LogP contribution in [0.25, 0.3) is 0 Å². The number of anilines is 1. The number of hydrogen-bond donors (Lipinski definition) is 2. The lowest BCUT2D eigenvalue weighted by Gasteiger charge is -2.01. The number of Topliss-reactive ketones (excluding diaryl/α,β-unsaturated/α-hetero) is 1. The number of aromatic hydroxyl groups is 1. The Morgan fingerprint density at radius 2 is 2.25 bits per heavy atom. The van der Waals surface area contributed by atoms with Gasteiger partial charge in [-0.3, -0.25) is 4.79 Å². The highest BCUT2D eigenvalue weighted by atomic mass is 16.3. The first-order chi connectivity index (χ1) is 5.65. The zero-order valence-corrected chi connectivity index (χ0v) is 6.87. The van der Waals surface area contributed by atoms with E-state index in [2.05, 4.69) is 0 Å². The Morgan fingerprint density at radius 3 is 2.75 bits per heavy atom. The highest BCUT2D eigenvalue weighted by Gasteiger charge is 2.04. The lowest BCUT2D eigenvalue weighted by molar-refractivity contribution is 0.0988. The second-order valence-corrected chi connectivity index (χ2v) is 2.55. The van der Waals surface area contributed by atoms with Crippen molar-refractivity contribution in [3.8, 4) is 5.75 Å². The van der Waals surface area contributed by atoms with Gasteiger partial charge in [0.1, 0.15) is 5.75 Å². The van der Waals surface area contributed by atoms with Gasteiger partial charge >= 0.3 is 0 Å². The number of carbonyl (C=O) groups excluding carboxylic acids is 1. The van der Waals surface area contributed by atoms with Gasteiger partial charge in [-0.25, -0.2) is 0 Å². The number of nitrogen functional groups attached to an aromatic ring is 1. The van der Waals surface area contributed by atoms with Crippen molar-refractivity contribution in [2.75, 3.05) is 5.73 Å². The summed E-state index contributed by atoms with van der Waals surface area (Å²) in [6.45, 7) is 1.78. The van der Waals surface area contributed by atoms with Crippen LogP contribution in [0.15, 0.2) is 18.2 Å². The molecule has 1 aromatic carbocycles. The van der Waals surface area contributed by atoms with Gasteiger partial charge < -0.3 is 10.8 Å². The Bertz CT molecular complexity index is 307. The predicted molar refractivity (Wildman–Crippen MR) is 47.1 cm³/mol. The van der Waals surface area contributed by atoms with Crippen LogP contribution in [0, 0.1) is 0 Å². The molecule has 0 fully saturated rings. The summed E-state index contributed by atoms with van der Waals surface area (Å²) in [7, 11) is 0. The molecule has 3 nitrogen and oxygen atoms in total. The Morgan fingerprint density at radius 1 is 1.58 bits per heavy atom. The molecule has 0 aliphatic heterocycles. The topological polar surface area (TPSA) is 63.3 Å². The van der Waals surface area contributed by atoms with Gasteiger partial charge in [0, 0.05) is 12.0 Å². The molecule has 0 amide bonds. The third kappa shape index (κ3) is 1.56. The van der Waals surface area contributed by atoms with E-state index in [1.165, 1.54) is 12.1 Å². The van der Waals surface area contributed by atoms with E-state index in [0.29, 0.717) is 12.0 Å². The molecule has 0 bridgehead atoms. The number of benzene rings is 1. The standard InChI is InChI=1S/C9H11NO2/c1-2-8(11)6-3-4-9(12)7(10)5-6/h3-5,12H,2,10H2,1H3. The fraction of sp³-hybridized carbons (Fsp3) is 0.222. The molecule has 1 rings (SSSR count). The van der Waals surface area contributed by atoms with Crippen LogP contribution in [-0.4, -0.2) is 10.9 Å². The van der Waals surface area contributed by atoms with E-state index in [9.17, 15) is 4.79 Å². The van der Waals surface area contributed by atoms with Gasteiger partial charge in [0.15, 0.2) is 5.78 Å². The van der Waals surface area contributed by atoms with Crippen LogP contribution >= 0.6 is 0 Å². The molecule has 1 aromatic rings. The normalized spacial score (nSPS) is 9.75. The largest absolute Gasteiger partial charge is 0.506 e. The smallest absolute Gasteiger partial charge is 0.162 e. The molecule has 64 valence electrons. The van der Waals surface area contributed by atoms with Gasteiger partial charge in [0.25, 0.3) is 0 Å². The van der Waals surface area contributed by atoms with Crippen LogP contribution < -0.4 is 5.73 Å². The Balaban J connectivity index is 3.05. The van der Waals surface area contributed by atoms with Gasteiger partial charge in [-0.1, -0.05) is 6.92 Å². The first-order valence-electron chi connectivity index (χ1n) is 3.77. The summed E-state index contributed by atoms with van der Waals surface area (Å²) in [6, 6.07) is 4.48. The van der Waals surface area contributed by atoms with Crippen LogP contribution in [-0.2, 0) is 0 Å². The zero-order chi connectivity index (χ0) is 9.14. The van der Waals surface area contributed by atoms with E-state index < -0.39 is 0 Å². The van der Waals surface area contributed by atoms with Crippen molar-refractivity contribution in [3.05, 3.63) is 23.8 Å². The molecule has 0 saturated heterocycles. The number of phenolic OH excluding ortho intramolecular Hbond substituents is 1. The maximum absolute atomic E-state index is 11.1. The minimum Gasteiger partial charge on any atom is -0.506 e. The van der Waals surface area contributed by atoms with E-state index in [-0.39, 0.29) is 17.2 Å². The molecule has 0 aliphatic rings. The monoisotopic (exact) mass is 165 g/mol. The minimum absolute atomic E-state index is 0.0163. The number of carbonyl (C=O) groups is 1. The first kappa shape index (κ1) is 8.59. The molecule has 0 aromatic heterocycles. The Kier molecular flexibility index (Phi) is 2.33. The van der Waals surface area contributed by atoms with Crippen LogP contribution in [0.5, 0.6) is 5.75 Å². The molecule has 0 heterocycles. The summed E-state index contributed by atoms with van der Waals surface area (Å²) < 4.78 is 0. The summed E-state index contributed by atoms with van der Waals surface area (Å²) in [5.74, 6) is 0.0457. The molecule has 12 heavy (non-hydrogen) atoms. The maximum Gasteiger partial charge on any atom is 0.162 e. The second-order valence-electron chi connectivity index (χ2n) is 2.55. The molecule has 0 unspecified atom stereocenters. The van der Waals surface area contributed by atoms with Crippen LogP contribution in [0.4, 0.5) is 5.69 Å². The summed E-state index contributed by atoms with van der Waals surface area (Å²) in [6.07, 6.45) is 0.449. The van der Waals surface area contributed by atoms with Gasteiger partial charge in [0.05, 0.1) is 5.69 Å². The number of nitrogens with two attached hydrogens (primary N) is 1. The molecule has 0 atom stereocenters. The van der Waals surface area contributed by atoms with E-state index >= 15 is 0 Å². The zero-order valence-electron chi connectivity index (χ0n) is 6.87. The summed E-state index contributed by atoms with van der Waals surface area (Å²) >= 11 is 0. The van der Waals surface area contributed by atoms with E-state index in [1.54, 1.807) is 13.0 Å². The Hall–Kier alpha value is -1.51. The van der Waals surface area contributed by atoms with Crippen molar-refractivity contribution < 1.29 is 9.90 Å². The Labute approximate surface area is 70.8 Å². The number of hydrogen-bond acceptors (Lipinski definition) is 3. The molecular formula is C9H11NO2. The maximum atomic E-state index is 11.1. The number of phenols is 1. The summed E-state index contributed by atoms with van der Waals surface area (Å²) in [5.41, 5.74) is 6.20. The molecule has 0 radical (unpaired) electrons. The summed E-state index contributed by atoms with van der Waals surface area (Å²) in [5, 5.41) is 9.06. The van der Waals surface area contributed by atoms with Gasteiger partial charge in [-0.2, -0.15) is 0 Å². The quantitative estimate of drug-likeness (QED) is 0.397. The fourth-order valence-electron chi connectivity index (χ4n) is 0.932. The fourth-order valence-corrected chi connectivity index (χ4v) is 0.932. The molecule has 3 N–H and O–H groups in total. The SMILES string of the molecule is CCC(=O)c1ccc(O)c(N)c1. The third-order valence-corrected chi connectivity index (χ3v) is 1.67. The van der Waals surface area contributed by atoms with Crippen molar-refractivity contribution in [2.24, 2.45) is 0 Å². The number of ketones is 1. The highest BCUT2D eigenvalue weighted by Crippen LogP contribution is 2.20. The van der Waals surface area contributed by atoms with E-state index in [4.69, 9.17) is 10.8 Å². The molecular weight excluding hydrogens is 154 g/mol.